The molecule has 2 amide bonds. The summed E-state index contributed by atoms with van der Waals surface area (Å²) in [5.41, 5.74) is 2.11. The van der Waals surface area contributed by atoms with Crippen LogP contribution in [0.15, 0.2) is 72.4 Å². The Labute approximate surface area is 193 Å². The molecule has 1 heterocycles. The molecule has 1 aliphatic heterocycles. The van der Waals surface area contributed by atoms with Crippen LogP contribution in [0.5, 0.6) is 5.75 Å². The predicted octanol–water partition coefficient (Wildman–Crippen LogP) is 4.86. The van der Waals surface area contributed by atoms with Gasteiger partial charge < -0.3 is 14.8 Å². The van der Waals surface area contributed by atoms with Gasteiger partial charge in [-0.15, -0.1) is 0 Å². The van der Waals surface area contributed by atoms with Crippen LogP contribution in [0, 0.1) is 0 Å². The molecule has 1 N–H and O–H groups in total. The van der Waals surface area contributed by atoms with Crippen molar-refractivity contribution in [3.8, 4) is 5.75 Å². The molecule has 0 unspecified atom stereocenters. The molecule has 6 heteroatoms. The highest BCUT2D eigenvalue weighted by Gasteiger charge is 2.39. The van der Waals surface area contributed by atoms with Crippen molar-refractivity contribution in [2.75, 3.05) is 31.7 Å². The van der Waals surface area contributed by atoms with E-state index in [9.17, 15) is 9.59 Å². The van der Waals surface area contributed by atoms with E-state index in [1.165, 1.54) is 4.90 Å². The Bertz CT molecular complexity index is 1180. The minimum Gasteiger partial charge on any atom is -0.494 e. The Morgan fingerprint density at radius 1 is 0.848 bits per heavy atom. The van der Waals surface area contributed by atoms with E-state index in [1.54, 1.807) is 0 Å². The van der Waals surface area contributed by atoms with Crippen molar-refractivity contribution in [3.63, 3.8) is 0 Å². The first-order valence-electron chi connectivity index (χ1n) is 11.3. The first-order valence-corrected chi connectivity index (χ1v) is 11.3. The van der Waals surface area contributed by atoms with Crippen molar-refractivity contribution in [2.45, 2.75) is 20.3 Å². The summed E-state index contributed by atoms with van der Waals surface area (Å²) >= 11 is 0. The molecule has 3 aromatic carbocycles. The topological polar surface area (TPSA) is 67.9 Å². The maximum absolute atomic E-state index is 13.4. The summed E-state index contributed by atoms with van der Waals surface area (Å²) in [6.07, 6.45) is 0.587. The number of fused-ring (bicyclic) bond motifs is 1. The van der Waals surface area contributed by atoms with E-state index in [0.29, 0.717) is 43.9 Å². The minimum absolute atomic E-state index is 0.289. The molecule has 0 aromatic heterocycles. The lowest BCUT2D eigenvalue weighted by molar-refractivity contribution is -0.137. The minimum atomic E-state index is -0.326. The van der Waals surface area contributed by atoms with Crippen LogP contribution in [0.3, 0.4) is 0 Å². The molecule has 0 spiro atoms. The van der Waals surface area contributed by atoms with Crippen LogP contribution in [0.4, 0.5) is 5.69 Å². The summed E-state index contributed by atoms with van der Waals surface area (Å²) < 4.78 is 10.9. The number of nitrogens with zero attached hydrogens (tertiary/aromatic N) is 1. The lowest BCUT2D eigenvalue weighted by atomic mass is 10.0. The zero-order chi connectivity index (χ0) is 23.2. The van der Waals surface area contributed by atoms with Crippen molar-refractivity contribution < 1.29 is 19.1 Å². The van der Waals surface area contributed by atoms with Crippen molar-refractivity contribution in [3.05, 3.63) is 78.0 Å². The van der Waals surface area contributed by atoms with Crippen molar-refractivity contribution in [2.24, 2.45) is 0 Å². The highest BCUT2D eigenvalue weighted by molar-refractivity contribution is 6.36. The molecule has 0 atom stereocenters. The molecular formula is C27H28N2O4. The molecule has 0 aliphatic carbocycles. The van der Waals surface area contributed by atoms with Gasteiger partial charge in [-0.25, -0.2) is 0 Å². The Hall–Kier alpha value is -3.64. The maximum atomic E-state index is 13.4. The van der Waals surface area contributed by atoms with Gasteiger partial charge in [-0.3, -0.25) is 14.5 Å². The molecule has 0 saturated heterocycles. The van der Waals surface area contributed by atoms with Gasteiger partial charge in [-0.05, 0) is 49.4 Å². The van der Waals surface area contributed by atoms with E-state index in [4.69, 9.17) is 9.47 Å². The zero-order valence-electron chi connectivity index (χ0n) is 19.0. The fraction of sp³-hybridized carbons (Fsp3) is 0.259. The van der Waals surface area contributed by atoms with Crippen molar-refractivity contribution in [1.82, 2.24) is 4.90 Å². The molecule has 6 nitrogen and oxygen atoms in total. The number of benzene rings is 3. The smallest absolute Gasteiger partial charge is 0.278 e. The Balaban J connectivity index is 1.72. The summed E-state index contributed by atoms with van der Waals surface area (Å²) in [4.78, 5) is 28.1. The Morgan fingerprint density at radius 2 is 1.61 bits per heavy atom. The molecule has 4 rings (SSSR count). The number of rotatable bonds is 10. The monoisotopic (exact) mass is 444 g/mol. The molecule has 170 valence electrons. The molecule has 0 saturated carbocycles. The second-order valence-electron chi connectivity index (χ2n) is 7.67. The van der Waals surface area contributed by atoms with Crippen molar-refractivity contribution >= 4 is 33.8 Å². The molecule has 1 aliphatic rings. The standard InChI is InChI=1S/C27H28N2O4/c1-3-32-18-8-17-29-26(30)24(20-13-15-21(16-14-20)33-4-2)25(27(29)31)28-23-12-7-10-19-9-5-6-11-22(19)23/h5-7,9-16,28H,3-4,8,17-18H2,1-2H3. The lowest BCUT2D eigenvalue weighted by Crippen LogP contribution is -2.34. The normalized spacial score (nSPS) is 13.8. The number of hydrogen-bond acceptors (Lipinski definition) is 5. The van der Waals surface area contributed by atoms with Crippen molar-refractivity contribution in [1.29, 1.82) is 0 Å². The quantitative estimate of drug-likeness (QED) is 0.357. The average Bonchev–Trinajstić information content (AvgIpc) is 3.07. The molecule has 3 aromatic rings. The number of amides is 2. The summed E-state index contributed by atoms with van der Waals surface area (Å²) in [7, 11) is 0. The van der Waals surface area contributed by atoms with Crippen LogP contribution in [-0.2, 0) is 14.3 Å². The van der Waals surface area contributed by atoms with E-state index >= 15 is 0 Å². The fourth-order valence-corrected chi connectivity index (χ4v) is 3.99. The van der Waals surface area contributed by atoms with Crippen LogP contribution in [0.25, 0.3) is 16.3 Å². The Kier molecular flexibility index (Phi) is 7.05. The van der Waals surface area contributed by atoms with E-state index in [-0.39, 0.29) is 17.5 Å². The summed E-state index contributed by atoms with van der Waals surface area (Å²) in [6, 6.07) is 21.1. The van der Waals surface area contributed by atoms with Crippen LogP contribution in [-0.4, -0.2) is 43.1 Å². The second kappa shape index (κ2) is 10.3. The Morgan fingerprint density at radius 3 is 2.36 bits per heavy atom. The van der Waals surface area contributed by atoms with E-state index in [1.807, 2.05) is 80.6 Å². The predicted molar refractivity (Wildman–Crippen MR) is 130 cm³/mol. The number of anilines is 1. The van der Waals surface area contributed by atoms with Gasteiger partial charge in [0.15, 0.2) is 0 Å². The summed E-state index contributed by atoms with van der Waals surface area (Å²) in [5, 5.41) is 5.32. The van der Waals surface area contributed by atoms with Gasteiger partial charge in [0.1, 0.15) is 11.4 Å². The fourth-order valence-electron chi connectivity index (χ4n) is 3.99. The molecule has 0 radical (unpaired) electrons. The number of imide groups is 1. The van der Waals surface area contributed by atoms with E-state index < -0.39 is 0 Å². The second-order valence-corrected chi connectivity index (χ2v) is 7.67. The molecule has 33 heavy (non-hydrogen) atoms. The maximum Gasteiger partial charge on any atom is 0.278 e. The highest BCUT2D eigenvalue weighted by atomic mass is 16.5. The van der Waals surface area contributed by atoms with Crippen LogP contribution < -0.4 is 10.1 Å². The third-order valence-electron chi connectivity index (χ3n) is 5.55. The number of carbonyl (C=O) groups excluding carboxylic acids is 2. The van der Waals surface area contributed by atoms with Crippen LogP contribution in [0.2, 0.25) is 0 Å². The largest absolute Gasteiger partial charge is 0.494 e. The lowest BCUT2D eigenvalue weighted by Gasteiger charge is -2.15. The number of nitrogens with one attached hydrogen (secondary N) is 1. The molecule has 0 bridgehead atoms. The first-order chi connectivity index (χ1) is 16.1. The van der Waals surface area contributed by atoms with Crippen LogP contribution >= 0.6 is 0 Å². The van der Waals surface area contributed by atoms with Gasteiger partial charge in [0, 0.05) is 30.8 Å². The summed E-state index contributed by atoms with van der Waals surface area (Å²) in [5.74, 6) is 0.0902. The van der Waals surface area contributed by atoms with Gasteiger partial charge in [0.05, 0.1) is 12.2 Å². The van der Waals surface area contributed by atoms with Gasteiger partial charge in [0.25, 0.3) is 11.8 Å². The third kappa shape index (κ3) is 4.76. The molecule has 0 fully saturated rings. The van der Waals surface area contributed by atoms with Gasteiger partial charge in [0.2, 0.25) is 0 Å². The van der Waals surface area contributed by atoms with Crippen LogP contribution in [0.1, 0.15) is 25.8 Å². The third-order valence-corrected chi connectivity index (χ3v) is 5.55. The number of carbonyl (C=O) groups is 2. The van der Waals surface area contributed by atoms with Gasteiger partial charge in [-0.2, -0.15) is 0 Å². The first kappa shape index (κ1) is 22.6. The SMILES string of the molecule is CCOCCCN1C(=O)C(Nc2cccc3ccccc23)=C(c2ccc(OCC)cc2)C1=O. The zero-order valence-corrected chi connectivity index (χ0v) is 19.0. The van der Waals surface area contributed by atoms with Gasteiger partial charge >= 0.3 is 0 Å². The average molecular weight is 445 g/mol. The number of ether oxygens (including phenoxy) is 2. The number of hydrogen-bond donors (Lipinski definition) is 1. The summed E-state index contributed by atoms with van der Waals surface area (Å²) in [6.45, 7) is 5.80. The van der Waals surface area contributed by atoms with Gasteiger partial charge in [-0.1, -0.05) is 48.5 Å². The van der Waals surface area contributed by atoms with E-state index in [2.05, 4.69) is 5.32 Å². The highest BCUT2D eigenvalue weighted by Crippen LogP contribution is 2.33. The molecular weight excluding hydrogens is 416 g/mol. The van der Waals surface area contributed by atoms with E-state index in [0.717, 1.165) is 22.2 Å².